The number of nitrogens with zero attached hydrogens (tertiary/aromatic N) is 1. The molecular weight excluding hydrogens is 467 g/mol. The minimum Gasteiger partial charge on any atom is -0.496 e. The molecule has 4 N–H and O–H groups in total. The Kier molecular flexibility index (Phi) is 9.97. The van der Waals surface area contributed by atoms with Crippen LogP contribution in [0.3, 0.4) is 0 Å². The molecule has 0 heterocycles. The zero-order valence-corrected chi connectivity index (χ0v) is 20.5. The van der Waals surface area contributed by atoms with Crippen LogP contribution in [0.4, 0.5) is 0 Å². The number of carbonyl (C=O) groups is 1. The number of ether oxygens (including phenoxy) is 1. The summed E-state index contributed by atoms with van der Waals surface area (Å²) in [5, 5.41) is 6.96. The Labute approximate surface area is 203 Å². The van der Waals surface area contributed by atoms with Crippen LogP contribution in [0.2, 0.25) is 10.0 Å². The van der Waals surface area contributed by atoms with Crippen LogP contribution in [0, 0.1) is 0 Å². The lowest BCUT2D eigenvalue weighted by atomic mass is 10.1. The van der Waals surface area contributed by atoms with Gasteiger partial charge in [-0.05, 0) is 67.1 Å². The molecule has 0 saturated carbocycles. The summed E-state index contributed by atoms with van der Waals surface area (Å²) in [4.78, 5) is 18.1. The van der Waals surface area contributed by atoms with Crippen LogP contribution in [0.25, 0.3) is 0 Å². The van der Waals surface area contributed by atoms with E-state index in [0.717, 1.165) is 11.1 Å². The molecule has 0 saturated heterocycles. The third-order valence-corrected chi connectivity index (χ3v) is 5.59. The van der Waals surface area contributed by atoms with E-state index in [9.17, 15) is 4.79 Å². The second kappa shape index (κ2) is 12.4. The highest BCUT2D eigenvalue weighted by Crippen LogP contribution is 2.24. The fraction of sp³-hybridized carbons (Fsp3) is 0.217. The number of hydrogen-bond donors (Lipinski definition) is 4. The lowest BCUT2D eigenvalue weighted by Gasteiger charge is -2.14. The summed E-state index contributed by atoms with van der Waals surface area (Å²) in [5.74, 6) is 0.821. The van der Waals surface area contributed by atoms with Gasteiger partial charge in [0, 0.05) is 11.4 Å². The Bertz CT molecular complexity index is 1070. The molecule has 0 radical (unpaired) electrons. The van der Waals surface area contributed by atoms with Crippen molar-refractivity contribution in [1.29, 1.82) is 0 Å². The van der Waals surface area contributed by atoms with Crippen molar-refractivity contribution in [2.24, 2.45) is 10.7 Å². The SMILES string of the molecule is CC=C(NCc1ccc(Cl)c(Cl)c1)NC(=O)C(=NCc1ccc(OC)c(S)c1)/C(C)=C\N. The van der Waals surface area contributed by atoms with E-state index in [-0.39, 0.29) is 18.2 Å². The minimum absolute atomic E-state index is 0.236. The Morgan fingerprint density at radius 2 is 1.91 bits per heavy atom. The largest absolute Gasteiger partial charge is 0.496 e. The number of rotatable bonds is 9. The molecule has 0 aliphatic carbocycles. The summed E-state index contributed by atoms with van der Waals surface area (Å²) >= 11 is 16.4. The molecule has 0 aliphatic heterocycles. The molecule has 170 valence electrons. The molecule has 0 bridgehead atoms. The molecule has 9 heteroatoms. The fourth-order valence-corrected chi connectivity index (χ4v) is 3.36. The van der Waals surface area contributed by atoms with Gasteiger partial charge in [0.05, 0.1) is 23.7 Å². The molecule has 2 aromatic carbocycles. The van der Waals surface area contributed by atoms with Gasteiger partial charge in [-0.1, -0.05) is 35.3 Å². The van der Waals surface area contributed by atoms with Crippen molar-refractivity contribution in [2.45, 2.75) is 31.8 Å². The number of aliphatic imine (C=N–C) groups is 1. The van der Waals surface area contributed by atoms with Crippen LogP contribution < -0.4 is 21.1 Å². The van der Waals surface area contributed by atoms with E-state index >= 15 is 0 Å². The number of methoxy groups -OCH3 is 1. The Morgan fingerprint density at radius 3 is 2.50 bits per heavy atom. The Hall–Kier alpha value is -2.61. The van der Waals surface area contributed by atoms with Gasteiger partial charge >= 0.3 is 0 Å². The maximum atomic E-state index is 12.9. The van der Waals surface area contributed by atoms with Crippen molar-refractivity contribution in [3.63, 3.8) is 0 Å². The highest BCUT2D eigenvalue weighted by molar-refractivity contribution is 7.80. The molecule has 1 amide bonds. The highest BCUT2D eigenvalue weighted by Gasteiger charge is 2.15. The molecule has 32 heavy (non-hydrogen) atoms. The number of carbonyl (C=O) groups excluding carboxylic acids is 1. The average molecular weight is 493 g/mol. The maximum absolute atomic E-state index is 12.9. The number of halogens is 2. The van der Waals surface area contributed by atoms with Crippen molar-refractivity contribution in [2.75, 3.05) is 7.11 Å². The van der Waals surface area contributed by atoms with Gasteiger partial charge in [-0.25, -0.2) is 0 Å². The molecular formula is C23H26Cl2N4O2S. The lowest BCUT2D eigenvalue weighted by molar-refractivity contribution is -0.114. The number of allylic oxidation sites excluding steroid dienone is 1. The molecule has 0 aromatic heterocycles. The number of nitrogens with two attached hydrogens (primary N) is 1. The first-order valence-electron chi connectivity index (χ1n) is 9.73. The third-order valence-electron chi connectivity index (χ3n) is 4.51. The van der Waals surface area contributed by atoms with E-state index in [2.05, 4.69) is 28.3 Å². The summed E-state index contributed by atoms with van der Waals surface area (Å²) in [7, 11) is 1.58. The molecule has 0 aliphatic rings. The fourth-order valence-electron chi connectivity index (χ4n) is 2.71. The van der Waals surface area contributed by atoms with E-state index in [1.165, 1.54) is 6.20 Å². The minimum atomic E-state index is -0.376. The zero-order chi connectivity index (χ0) is 23.7. The number of thiol groups is 1. The van der Waals surface area contributed by atoms with Gasteiger partial charge in [0.1, 0.15) is 17.3 Å². The van der Waals surface area contributed by atoms with E-state index in [1.54, 1.807) is 32.2 Å². The Morgan fingerprint density at radius 1 is 1.19 bits per heavy atom. The third kappa shape index (κ3) is 7.22. The van der Waals surface area contributed by atoms with E-state index in [4.69, 9.17) is 33.7 Å². The van der Waals surface area contributed by atoms with E-state index < -0.39 is 0 Å². The second-order valence-corrected chi connectivity index (χ2v) is 8.08. The summed E-state index contributed by atoms with van der Waals surface area (Å²) in [6, 6.07) is 10.9. The van der Waals surface area contributed by atoms with Gasteiger partial charge in [-0.3, -0.25) is 9.79 Å². The first-order valence-corrected chi connectivity index (χ1v) is 10.9. The van der Waals surface area contributed by atoms with Crippen molar-refractivity contribution in [1.82, 2.24) is 10.6 Å². The van der Waals surface area contributed by atoms with Gasteiger partial charge in [0.25, 0.3) is 5.91 Å². The first kappa shape index (κ1) is 25.6. The van der Waals surface area contributed by atoms with Crippen molar-refractivity contribution in [3.05, 3.63) is 81.2 Å². The average Bonchev–Trinajstić information content (AvgIpc) is 2.78. The number of hydrogen-bond acceptors (Lipinski definition) is 6. The maximum Gasteiger partial charge on any atom is 0.275 e. The highest BCUT2D eigenvalue weighted by atomic mass is 35.5. The molecule has 6 nitrogen and oxygen atoms in total. The smallest absolute Gasteiger partial charge is 0.275 e. The van der Waals surface area contributed by atoms with Crippen molar-refractivity contribution >= 4 is 47.4 Å². The predicted octanol–water partition coefficient (Wildman–Crippen LogP) is 4.86. The lowest BCUT2D eigenvalue weighted by Crippen LogP contribution is -2.36. The first-order chi connectivity index (χ1) is 15.3. The number of amides is 1. The zero-order valence-electron chi connectivity index (χ0n) is 18.1. The molecule has 0 atom stereocenters. The van der Waals surface area contributed by atoms with Crippen LogP contribution in [0.5, 0.6) is 5.75 Å². The van der Waals surface area contributed by atoms with Crippen LogP contribution >= 0.6 is 35.8 Å². The van der Waals surface area contributed by atoms with Crippen molar-refractivity contribution < 1.29 is 9.53 Å². The molecule has 0 fully saturated rings. The molecule has 0 unspecified atom stereocenters. The van der Waals surface area contributed by atoms with Gasteiger partial charge in [0.2, 0.25) is 0 Å². The van der Waals surface area contributed by atoms with Crippen LogP contribution in [-0.4, -0.2) is 18.7 Å². The standard InChI is InChI=1S/C23H26Cl2N4O2S/c1-4-21(27-12-15-5-7-17(24)18(25)9-15)29-23(30)22(14(2)11-26)28-13-16-6-8-19(31-3)20(32)10-16/h4-11,27,32H,12-13,26H2,1-3H3,(H,29,30)/b14-11-,21-4?,28-22?. The van der Waals surface area contributed by atoms with Gasteiger partial charge < -0.3 is 21.1 Å². The van der Waals surface area contributed by atoms with E-state index in [1.807, 2.05) is 31.2 Å². The number of nitrogens with one attached hydrogen (secondary N) is 2. The van der Waals surface area contributed by atoms with Crippen LogP contribution in [-0.2, 0) is 17.9 Å². The topological polar surface area (TPSA) is 88.7 Å². The van der Waals surface area contributed by atoms with Crippen molar-refractivity contribution in [3.8, 4) is 5.75 Å². The quantitative estimate of drug-likeness (QED) is 0.297. The molecule has 0 spiro atoms. The summed E-state index contributed by atoms with van der Waals surface area (Å²) < 4.78 is 5.21. The van der Waals surface area contributed by atoms with Gasteiger partial charge in [0.15, 0.2) is 0 Å². The summed E-state index contributed by atoms with van der Waals surface area (Å²) in [5.41, 5.74) is 8.26. The summed E-state index contributed by atoms with van der Waals surface area (Å²) in [6.45, 7) is 4.28. The monoisotopic (exact) mass is 492 g/mol. The van der Waals surface area contributed by atoms with Gasteiger partial charge in [-0.15, -0.1) is 12.6 Å². The predicted molar refractivity (Wildman–Crippen MR) is 135 cm³/mol. The van der Waals surface area contributed by atoms with Gasteiger partial charge in [-0.2, -0.15) is 0 Å². The van der Waals surface area contributed by atoms with Crippen LogP contribution in [0.15, 0.2) is 70.0 Å². The molecule has 2 rings (SSSR count). The Balaban J connectivity index is 2.11. The normalized spacial score (nSPS) is 12.5. The number of benzene rings is 2. The summed E-state index contributed by atoms with van der Waals surface area (Å²) in [6.07, 6.45) is 3.11. The van der Waals surface area contributed by atoms with E-state index in [0.29, 0.717) is 38.6 Å². The second-order valence-electron chi connectivity index (χ2n) is 6.78. The molecule has 2 aromatic rings. The van der Waals surface area contributed by atoms with Crippen LogP contribution in [0.1, 0.15) is 25.0 Å².